The number of rotatable bonds is 2. The van der Waals surface area contributed by atoms with Gasteiger partial charge in [0.1, 0.15) is 5.60 Å². The summed E-state index contributed by atoms with van der Waals surface area (Å²) in [5.41, 5.74) is -0.454. The molecule has 0 unspecified atom stereocenters. The molecule has 5 heteroatoms. The second-order valence-corrected chi connectivity index (χ2v) is 7.48. The van der Waals surface area contributed by atoms with Crippen molar-refractivity contribution in [2.45, 2.75) is 71.4 Å². The van der Waals surface area contributed by atoms with Crippen LogP contribution in [0.3, 0.4) is 0 Å². The van der Waals surface area contributed by atoms with Crippen molar-refractivity contribution in [3.8, 4) is 0 Å². The molecule has 2 atom stereocenters. The maximum Gasteiger partial charge on any atom is 0.410 e. The highest BCUT2D eigenvalue weighted by Crippen LogP contribution is 2.31. The van der Waals surface area contributed by atoms with Crippen molar-refractivity contribution < 1.29 is 14.3 Å². The summed E-state index contributed by atoms with van der Waals surface area (Å²) in [4.78, 5) is 28.2. The van der Waals surface area contributed by atoms with E-state index in [1.807, 2.05) is 27.7 Å². The average Bonchev–Trinajstić information content (AvgIpc) is 2.94. The van der Waals surface area contributed by atoms with E-state index in [4.69, 9.17) is 4.74 Å². The smallest absolute Gasteiger partial charge is 0.410 e. The van der Waals surface area contributed by atoms with Crippen molar-refractivity contribution in [1.29, 1.82) is 0 Å². The number of carbonyl (C=O) groups excluding carboxylic acids is 2. The third kappa shape index (κ3) is 4.14. The number of amides is 2. The highest BCUT2D eigenvalue weighted by Gasteiger charge is 2.38. The van der Waals surface area contributed by atoms with Crippen LogP contribution in [-0.4, -0.2) is 53.1 Å². The molecule has 0 bridgehead atoms. The molecule has 5 nitrogen and oxygen atoms in total. The van der Waals surface area contributed by atoms with E-state index in [1.54, 1.807) is 4.90 Å². The molecule has 2 aliphatic heterocycles. The molecule has 2 heterocycles. The highest BCUT2D eigenvalue weighted by atomic mass is 16.6. The van der Waals surface area contributed by atoms with Crippen LogP contribution in [-0.2, 0) is 9.53 Å². The fraction of sp³-hybridized carbons (Fsp3) is 0.882. The lowest BCUT2D eigenvalue weighted by Gasteiger charge is -2.39. The monoisotopic (exact) mass is 310 g/mol. The normalized spacial score (nSPS) is 26.2. The third-order valence-electron chi connectivity index (χ3n) is 4.59. The van der Waals surface area contributed by atoms with Crippen molar-refractivity contribution in [1.82, 2.24) is 9.80 Å². The van der Waals surface area contributed by atoms with Crippen molar-refractivity contribution in [2.75, 3.05) is 19.6 Å². The van der Waals surface area contributed by atoms with Crippen LogP contribution in [0.2, 0.25) is 0 Å². The first-order valence-corrected chi connectivity index (χ1v) is 8.59. The van der Waals surface area contributed by atoms with Crippen molar-refractivity contribution in [3.05, 3.63) is 0 Å². The second kappa shape index (κ2) is 6.88. The van der Waals surface area contributed by atoms with Crippen LogP contribution in [0.5, 0.6) is 0 Å². The van der Waals surface area contributed by atoms with E-state index >= 15 is 0 Å². The fourth-order valence-corrected chi connectivity index (χ4v) is 3.55. The van der Waals surface area contributed by atoms with Crippen LogP contribution in [0.1, 0.15) is 59.8 Å². The lowest BCUT2D eigenvalue weighted by Crippen LogP contribution is -2.48. The molecule has 2 rings (SSSR count). The molecular weight excluding hydrogens is 280 g/mol. The topological polar surface area (TPSA) is 49.9 Å². The molecule has 0 aromatic rings. The van der Waals surface area contributed by atoms with E-state index in [-0.39, 0.29) is 12.0 Å². The summed E-state index contributed by atoms with van der Waals surface area (Å²) in [6, 6.07) is 0.300. The quantitative estimate of drug-likeness (QED) is 0.787. The number of nitrogens with zero attached hydrogens (tertiary/aromatic N) is 2. The Labute approximate surface area is 134 Å². The first kappa shape index (κ1) is 17.1. The number of carbonyl (C=O) groups is 2. The number of hydrogen-bond acceptors (Lipinski definition) is 3. The summed E-state index contributed by atoms with van der Waals surface area (Å²) in [7, 11) is 0. The van der Waals surface area contributed by atoms with Crippen LogP contribution in [0.25, 0.3) is 0 Å². The van der Waals surface area contributed by atoms with Crippen LogP contribution in [0, 0.1) is 5.92 Å². The Hall–Kier alpha value is -1.26. The molecule has 0 aromatic heterocycles. The van der Waals surface area contributed by atoms with E-state index in [2.05, 4.69) is 4.90 Å². The van der Waals surface area contributed by atoms with Gasteiger partial charge in [-0.25, -0.2) is 4.79 Å². The Balaban J connectivity index is 1.96. The predicted octanol–water partition coefficient (Wildman–Crippen LogP) is 3.03. The molecule has 2 amide bonds. The molecule has 0 saturated carbocycles. The molecule has 126 valence electrons. The van der Waals surface area contributed by atoms with Crippen molar-refractivity contribution >= 4 is 12.0 Å². The summed E-state index contributed by atoms with van der Waals surface area (Å²) in [6.45, 7) is 9.93. The standard InChI is InChI=1S/C17H30N2O3/c1-5-15(20)19-10-7-6-8-14(19)13-9-11-18(12-13)16(21)22-17(2,3)4/h13-14H,5-12H2,1-4H3/t13-,14-/m1/s1. The molecule has 0 aliphatic carbocycles. The van der Waals surface area contributed by atoms with Gasteiger partial charge in [-0.3, -0.25) is 4.79 Å². The first-order valence-electron chi connectivity index (χ1n) is 8.59. The van der Waals surface area contributed by atoms with Crippen molar-refractivity contribution in [3.63, 3.8) is 0 Å². The molecule has 0 radical (unpaired) electrons. The molecule has 2 fully saturated rings. The lowest BCUT2D eigenvalue weighted by molar-refractivity contribution is -0.135. The molecule has 0 aromatic carbocycles. The van der Waals surface area contributed by atoms with E-state index in [1.165, 1.54) is 6.42 Å². The van der Waals surface area contributed by atoms with Crippen LogP contribution < -0.4 is 0 Å². The Morgan fingerprint density at radius 3 is 2.50 bits per heavy atom. The molecular formula is C17H30N2O3. The third-order valence-corrected chi connectivity index (χ3v) is 4.59. The zero-order valence-corrected chi connectivity index (χ0v) is 14.4. The predicted molar refractivity (Wildman–Crippen MR) is 85.6 cm³/mol. The van der Waals surface area contributed by atoms with Gasteiger partial charge in [-0.2, -0.15) is 0 Å². The maximum atomic E-state index is 12.2. The zero-order chi connectivity index (χ0) is 16.3. The van der Waals surface area contributed by atoms with E-state index in [0.29, 0.717) is 24.9 Å². The number of piperidine rings is 1. The van der Waals surface area contributed by atoms with Gasteiger partial charge in [-0.1, -0.05) is 6.92 Å². The van der Waals surface area contributed by atoms with Gasteiger partial charge >= 0.3 is 6.09 Å². The minimum atomic E-state index is -0.454. The van der Waals surface area contributed by atoms with Gasteiger partial charge < -0.3 is 14.5 Å². The Morgan fingerprint density at radius 2 is 1.86 bits per heavy atom. The summed E-state index contributed by atoms with van der Waals surface area (Å²) in [5.74, 6) is 0.642. The van der Waals surface area contributed by atoms with Gasteiger partial charge in [-0.05, 0) is 52.4 Å². The molecule has 0 N–H and O–H groups in total. The van der Waals surface area contributed by atoms with Gasteiger partial charge in [-0.15, -0.1) is 0 Å². The van der Waals surface area contributed by atoms with Gasteiger partial charge in [0, 0.05) is 32.1 Å². The minimum absolute atomic E-state index is 0.223. The SMILES string of the molecule is CCC(=O)N1CCCC[C@@H]1[C@@H]1CCN(C(=O)OC(C)(C)C)C1. The number of hydrogen-bond donors (Lipinski definition) is 0. The van der Waals surface area contributed by atoms with E-state index < -0.39 is 5.60 Å². The average molecular weight is 310 g/mol. The summed E-state index contributed by atoms with van der Waals surface area (Å²) in [5, 5.41) is 0. The molecule has 2 aliphatic rings. The number of ether oxygens (including phenoxy) is 1. The van der Waals surface area contributed by atoms with Gasteiger partial charge in [0.2, 0.25) is 5.91 Å². The Bertz CT molecular complexity index is 417. The fourth-order valence-electron chi connectivity index (χ4n) is 3.55. The van der Waals surface area contributed by atoms with Crippen molar-refractivity contribution in [2.24, 2.45) is 5.92 Å². The Morgan fingerprint density at radius 1 is 1.14 bits per heavy atom. The van der Waals surface area contributed by atoms with Gasteiger partial charge in [0.25, 0.3) is 0 Å². The van der Waals surface area contributed by atoms with E-state index in [0.717, 1.165) is 32.4 Å². The maximum absolute atomic E-state index is 12.2. The van der Waals surface area contributed by atoms with E-state index in [9.17, 15) is 9.59 Å². The molecule has 0 spiro atoms. The minimum Gasteiger partial charge on any atom is -0.444 e. The first-order chi connectivity index (χ1) is 10.3. The Kier molecular flexibility index (Phi) is 5.35. The highest BCUT2D eigenvalue weighted by molar-refractivity contribution is 5.76. The van der Waals surface area contributed by atoms with Crippen LogP contribution in [0.4, 0.5) is 4.79 Å². The number of likely N-dealkylation sites (tertiary alicyclic amines) is 2. The summed E-state index contributed by atoms with van der Waals surface area (Å²) in [6.07, 6.45) is 4.67. The largest absolute Gasteiger partial charge is 0.444 e. The summed E-state index contributed by atoms with van der Waals surface area (Å²) >= 11 is 0. The van der Waals surface area contributed by atoms with Crippen LogP contribution in [0.15, 0.2) is 0 Å². The van der Waals surface area contributed by atoms with Gasteiger partial charge in [0.15, 0.2) is 0 Å². The zero-order valence-electron chi connectivity index (χ0n) is 14.4. The van der Waals surface area contributed by atoms with Crippen LogP contribution >= 0.6 is 0 Å². The molecule has 22 heavy (non-hydrogen) atoms. The van der Waals surface area contributed by atoms with Gasteiger partial charge in [0.05, 0.1) is 0 Å². The lowest BCUT2D eigenvalue weighted by atomic mass is 9.89. The second-order valence-electron chi connectivity index (χ2n) is 7.48. The molecule has 2 saturated heterocycles. The summed E-state index contributed by atoms with van der Waals surface area (Å²) < 4.78 is 5.46.